The highest BCUT2D eigenvalue weighted by molar-refractivity contribution is 6.38. The van der Waals surface area contributed by atoms with Gasteiger partial charge in [0.1, 0.15) is 17.3 Å². The minimum atomic E-state index is -0.554. The molecule has 1 heterocycles. The molecule has 0 aliphatic carbocycles. The summed E-state index contributed by atoms with van der Waals surface area (Å²) in [7, 11) is 0. The molecule has 146 valence electrons. The summed E-state index contributed by atoms with van der Waals surface area (Å²) < 4.78 is 1.13. The zero-order chi connectivity index (χ0) is 21.0. The summed E-state index contributed by atoms with van der Waals surface area (Å²) in [5.41, 5.74) is 0.806. The van der Waals surface area contributed by atoms with Crippen LogP contribution in [-0.2, 0) is 13.0 Å². The fraction of sp³-hybridized carbons (Fsp3) is 0.143. The summed E-state index contributed by atoms with van der Waals surface area (Å²) in [6.45, 7) is 1.71. The predicted octanol–water partition coefficient (Wildman–Crippen LogP) is 5.70. The van der Waals surface area contributed by atoms with E-state index in [1.807, 2.05) is 36.4 Å². The monoisotopic (exact) mass is 426 g/mol. The van der Waals surface area contributed by atoms with Crippen molar-refractivity contribution in [2.24, 2.45) is 10.2 Å². The highest BCUT2D eigenvalue weighted by Gasteiger charge is 2.19. The molecule has 0 saturated carbocycles. The van der Waals surface area contributed by atoms with Crippen molar-refractivity contribution >= 4 is 34.6 Å². The minimum Gasteiger partial charge on any atom is -0.493 e. The Morgan fingerprint density at radius 1 is 1.03 bits per heavy atom. The van der Waals surface area contributed by atoms with Gasteiger partial charge >= 0.3 is 0 Å². The number of hydrogen-bond donors (Lipinski definition) is 1. The molecule has 29 heavy (non-hydrogen) atoms. The number of aromatic hydroxyl groups is 1. The number of rotatable bonds is 5. The lowest BCUT2D eigenvalue weighted by Gasteiger charge is -2.13. The normalized spacial score (nSPS) is 11.0. The van der Waals surface area contributed by atoms with Crippen LogP contribution in [0.4, 0.5) is 11.4 Å². The molecule has 0 radical (unpaired) electrons. The molecule has 0 spiro atoms. The average molecular weight is 427 g/mol. The Labute approximate surface area is 177 Å². The Balaban J connectivity index is 2.06. The van der Waals surface area contributed by atoms with Crippen LogP contribution < -0.4 is 5.56 Å². The van der Waals surface area contributed by atoms with Gasteiger partial charge < -0.3 is 5.11 Å². The third kappa shape index (κ3) is 4.32. The van der Waals surface area contributed by atoms with Crippen molar-refractivity contribution in [3.05, 3.63) is 85.6 Å². The van der Waals surface area contributed by atoms with E-state index < -0.39 is 5.56 Å². The van der Waals surface area contributed by atoms with Crippen LogP contribution in [0, 0.1) is 18.3 Å². The van der Waals surface area contributed by atoms with Crippen LogP contribution in [0.1, 0.15) is 16.7 Å². The molecule has 0 bridgehead atoms. The predicted molar refractivity (Wildman–Crippen MR) is 113 cm³/mol. The Morgan fingerprint density at radius 2 is 1.66 bits per heavy atom. The fourth-order valence-electron chi connectivity index (χ4n) is 2.83. The van der Waals surface area contributed by atoms with E-state index in [0.29, 0.717) is 6.42 Å². The molecule has 1 aromatic heterocycles. The molecule has 3 rings (SSSR count). The summed E-state index contributed by atoms with van der Waals surface area (Å²) in [6, 6.07) is 16.3. The lowest BCUT2D eigenvalue weighted by molar-refractivity contribution is 0.404. The topological polar surface area (TPSA) is 90.7 Å². The van der Waals surface area contributed by atoms with Gasteiger partial charge in [0.05, 0.1) is 10.0 Å². The molecular weight excluding hydrogens is 411 g/mol. The van der Waals surface area contributed by atoms with Crippen LogP contribution in [0.5, 0.6) is 5.88 Å². The van der Waals surface area contributed by atoms with E-state index >= 15 is 0 Å². The third-order valence-corrected chi connectivity index (χ3v) is 5.03. The largest absolute Gasteiger partial charge is 0.493 e. The van der Waals surface area contributed by atoms with Crippen LogP contribution in [-0.4, -0.2) is 9.67 Å². The zero-order valence-corrected chi connectivity index (χ0v) is 16.9. The number of azo groups is 1. The second-order valence-electron chi connectivity index (χ2n) is 6.25. The van der Waals surface area contributed by atoms with E-state index in [2.05, 4.69) is 10.2 Å². The van der Waals surface area contributed by atoms with Gasteiger partial charge in [0.25, 0.3) is 5.56 Å². The lowest BCUT2D eigenvalue weighted by atomic mass is 10.1. The first kappa shape index (κ1) is 20.6. The summed E-state index contributed by atoms with van der Waals surface area (Å²) in [5, 5.41) is 28.5. The van der Waals surface area contributed by atoms with Crippen LogP contribution in [0.2, 0.25) is 10.0 Å². The number of nitrogens with zero attached hydrogens (tertiary/aromatic N) is 4. The van der Waals surface area contributed by atoms with Crippen molar-refractivity contribution in [1.29, 1.82) is 5.26 Å². The van der Waals surface area contributed by atoms with Crippen molar-refractivity contribution in [3.63, 3.8) is 0 Å². The number of hydrogen-bond acceptors (Lipinski definition) is 5. The molecule has 8 heteroatoms. The second kappa shape index (κ2) is 8.91. The van der Waals surface area contributed by atoms with Crippen molar-refractivity contribution < 1.29 is 5.11 Å². The van der Waals surface area contributed by atoms with E-state index in [1.165, 1.54) is 6.92 Å². The molecule has 3 aromatic rings. The van der Waals surface area contributed by atoms with Gasteiger partial charge in [0.15, 0.2) is 5.69 Å². The van der Waals surface area contributed by atoms with E-state index in [0.717, 1.165) is 10.1 Å². The highest BCUT2D eigenvalue weighted by atomic mass is 35.5. The van der Waals surface area contributed by atoms with Gasteiger partial charge in [-0.05, 0) is 31.0 Å². The van der Waals surface area contributed by atoms with E-state index in [9.17, 15) is 15.2 Å². The quantitative estimate of drug-likeness (QED) is 0.530. The molecule has 0 saturated heterocycles. The van der Waals surface area contributed by atoms with Gasteiger partial charge in [-0.25, -0.2) is 0 Å². The lowest BCUT2D eigenvalue weighted by Crippen LogP contribution is -2.22. The van der Waals surface area contributed by atoms with Gasteiger partial charge in [-0.2, -0.15) is 5.26 Å². The molecule has 0 unspecified atom stereocenters. The molecule has 0 aliphatic rings. The molecule has 1 N–H and O–H groups in total. The molecule has 0 amide bonds. The number of halogens is 2. The maximum atomic E-state index is 13.0. The maximum absolute atomic E-state index is 13.0. The first-order valence-corrected chi connectivity index (χ1v) is 9.45. The van der Waals surface area contributed by atoms with E-state index in [1.54, 1.807) is 18.2 Å². The number of nitriles is 1. The summed E-state index contributed by atoms with van der Waals surface area (Å²) in [6.07, 6.45) is 0.495. The standard InChI is InChI=1S/C21H16Cl2N4O2/c1-13-15(12-24)20(28)27(11-10-14-6-3-2-4-7-14)21(29)18(13)25-26-19-16(22)8-5-9-17(19)23/h2-9,28H,10-11H2,1H3. The molecule has 6 nitrogen and oxygen atoms in total. The van der Waals surface area contributed by atoms with Crippen molar-refractivity contribution in [3.8, 4) is 11.9 Å². The van der Waals surface area contributed by atoms with Crippen molar-refractivity contribution in [2.45, 2.75) is 19.9 Å². The fourth-order valence-corrected chi connectivity index (χ4v) is 3.31. The smallest absolute Gasteiger partial charge is 0.281 e. The summed E-state index contributed by atoms with van der Waals surface area (Å²) in [5.74, 6) is -0.388. The van der Waals surface area contributed by atoms with Crippen LogP contribution in [0.15, 0.2) is 63.6 Å². The molecule has 0 aliphatic heterocycles. The zero-order valence-electron chi connectivity index (χ0n) is 15.4. The average Bonchev–Trinajstić information content (AvgIpc) is 2.70. The van der Waals surface area contributed by atoms with Gasteiger partial charge in [-0.1, -0.05) is 59.6 Å². The van der Waals surface area contributed by atoms with Crippen LogP contribution in [0.25, 0.3) is 0 Å². The molecule has 0 atom stereocenters. The Morgan fingerprint density at radius 3 is 2.28 bits per heavy atom. The van der Waals surface area contributed by atoms with Gasteiger partial charge in [-0.15, -0.1) is 10.2 Å². The first-order chi connectivity index (χ1) is 13.9. The second-order valence-corrected chi connectivity index (χ2v) is 7.06. The Bertz CT molecular complexity index is 1160. The first-order valence-electron chi connectivity index (χ1n) is 8.70. The number of aryl methyl sites for hydroxylation is 1. The van der Waals surface area contributed by atoms with Gasteiger partial charge in [-0.3, -0.25) is 9.36 Å². The Kier molecular flexibility index (Phi) is 6.32. The molecule has 2 aromatic carbocycles. The van der Waals surface area contributed by atoms with Crippen molar-refractivity contribution in [1.82, 2.24) is 4.57 Å². The molecule has 0 fully saturated rings. The number of aromatic nitrogens is 1. The third-order valence-electron chi connectivity index (χ3n) is 4.42. The summed E-state index contributed by atoms with van der Waals surface area (Å²) >= 11 is 12.2. The highest BCUT2D eigenvalue weighted by Crippen LogP contribution is 2.34. The Hall–Kier alpha value is -3.14. The van der Waals surface area contributed by atoms with Gasteiger partial charge in [0, 0.05) is 12.1 Å². The molecular formula is C21H16Cl2N4O2. The van der Waals surface area contributed by atoms with Crippen molar-refractivity contribution in [2.75, 3.05) is 0 Å². The SMILES string of the molecule is Cc1c(C#N)c(O)n(CCc2ccccc2)c(=O)c1N=Nc1c(Cl)cccc1Cl. The maximum Gasteiger partial charge on any atom is 0.281 e. The van der Waals surface area contributed by atoms with E-state index in [-0.39, 0.29) is 45.0 Å². The summed E-state index contributed by atoms with van der Waals surface area (Å²) in [4.78, 5) is 13.0. The number of benzene rings is 2. The minimum absolute atomic E-state index is 0.0307. The van der Waals surface area contributed by atoms with Crippen LogP contribution >= 0.6 is 23.2 Å². The van der Waals surface area contributed by atoms with Gasteiger partial charge in [0.2, 0.25) is 5.88 Å². The number of pyridine rings is 1. The van der Waals surface area contributed by atoms with Crippen LogP contribution in [0.3, 0.4) is 0 Å². The van der Waals surface area contributed by atoms with E-state index in [4.69, 9.17) is 23.2 Å².